The van der Waals surface area contributed by atoms with Crippen LogP contribution in [0, 0.1) is 11.6 Å². The summed E-state index contributed by atoms with van der Waals surface area (Å²) in [6, 6.07) is 2.27. The number of rotatable bonds is 6. The quantitative estimate of drug-likeness (QED) is 0.357. The number of hydrogen-bond acceptors (Lipinski definition) is 4. The summed E-state index contributed by atoms with van der Waals surface area (Å²) in [7, 11) is -3.95. The normalized spacial score (nSPS) is 16.4. The average Bonchev–Trinajstić information content (AvgIpc) is 3.26. The van der Waals surface area contributed by atoms with Gasteiger partial charge in [0.15, 0.2) is 11.6 Å². The van der Waals surface area contributed by atoms with Crippen molar-refractivity contribution in [1.29, 1.82) is 0 Å². The average molecular weight is 319 g/mol. The molecule has 21 heavy (non-hydrogen) atoms. The third-order valence-electron chi connectivity index (χ3n) is 3.17. The molecule has 6 nitrogen and oxygen atoms in total. The highest BCUT2D eigenvalue weighted by Gasteiger charge is 2.38. The molecule has 9 heteroatoms. The molecule has 0 aliphatic heterocycles. The third-order valence-corrected chi connectivity index (χ3v) is 5.12. The Morgan fingerprint density at radius 2 is 2.05 bits per heavy atom. The number of nitrogens with zero attached hydrogens (tertiary/aromatic N) is 2. The molecular formula is C12H15F2N3O3S. The first kappa shape index (κ1) is 15.6. The zero-order valence-electron chi connectivity index (χ0n) is 11.0. The van der Waals surface area contributed by atoms with Gasteiger partial charge in [0.2, 0.25) is 10.0 Å². The van der Waals surface area contributed by atoms with Gasteiger partial charge < -0.3 is 10.9 Å². The fraction of sp³-hybridized carbons (Fsp3) is 0.417. The van der Waals surface area contributed by atoms with Gasteiger partial charge >= 0.3 is 0 Å². The second kappa shape index (κ2) is 5.94. The van der Waals surface area contributed by atoms with Crippen LogP contribution in [-0.2, 0) is 10.0 Å². The summed E-state index contributed by atoms with van der Waals surface area (Å²) in [4.78, 5) is -0.312. The van der Waals surface area contributed by atoms with Gasteiger partial charge in [-0.15, -0.1) is 0 Å². The van der Waals surface area contributed by atoms with Crippen molar-refractivity contribution in [2.45, 2.75) is 30.2 Å². The number of nitrogens with two attached hydrogens (primary N) is 1. The molecule has 2 rings (SSSR count). The summed E-state index contributed by atoms with van der Waals surface area (Å²) in [5.41, 5.74) is 5.34. The summed E-state index contributed by atoms with van der Waals surface area (Å²) in [5.74, 6) is -2.42. The zero-order valence-corrected chi connectivity index (χ0v) is 11.9. The molecule has 0 radical (unpaired) electrons. The van der Waals surface area contributed by atoms with Crippen LogP contribution >= 0.6 is 0 Å². The van der Waals surface area contributed by atoms with Gasteiger partial charge in [0.1, 0.15) is 5.84 Å². The molecule has 0 amide bonds. The lowest BCUT2D eigenvalue weighted by Crippen LogP contribution is -2.36. The van der Waals surface area contributed by atoms with Crippen molar-refractivity contribution in [3.63, 3.8) is 0 Å². The molecule has 0 atom stereocenters. The number of amidine groups is 1. The molecular weight excluding hydrogens is 304 g/mol. The molecule has 0 unspecified atom stereocenters. The number of hydrogen-bond donors (Lipinski definition) is 2. The van der Waals surface area contributed by atoms with Gasteiger partial charge in [-0.1, -0.05) is 5.16 Å². The fourth-order valence-corrected chi connectivity index (χ4v) is 3.61. The number of sulfonamides is 1. The SMILES string of the molecule is NC(CCN(C1CC1)S(=O)(=O)c1ccc(F)c(F)c1)=NO. The molecule has 1 fully saturated rings. The lowest BCUT2D eigenvalue weighted by Gasteiger charge is -2.21. The van der Waals surface area contributed by atoms with Gasteiger partial charge in [-0.3, -0.25) is 0 Å². The summed E-state index contributed by atoms with van der Waals surface area (Å²) in [6.07, 6.45) is 1.44. The Balaban J connectivity index is 2.27. The highest BCUT2D eigenvalue weighted by Crippen LogP contribution is 2.32. The van der Waals surface area contributed by atoms with E-state index in [1.165, 1.54) is 4.31 Å². The van der Waals surface area contributed by atoms with Crippen LogP contribution < -0.4 is 5.73 Å². The standard InChI is InChI=1S/C12H15F2N3O3S/c13-10-4-3-9(7-11(10)14)21(19,20)17(8-1-2-8)6-5-12(15)16-18/h3-4,7-8,18H,1-2,5-6H2,(H2,15,16). The molecule has 0 saturated heterocycles. The minimum atomic E-state index is -3.95. The second-order valence-electron chi connectivity index (χ2n) is 4.76. The predicted octanol–water partition coefficient (Wildman–Crippen LogP) is 1.25. The monoisotopic (exact) mass is 319 g/mol. The van der Waals surface area contributed by atoms with Crippen LogP contribution in [0.15, 0.2) is 28.3 Å². The van der Waals surface area contributed by atoms with Crippen molar-refractivity contribution in [1.82, 2.24) is 4.31 Å². The van der Waals surface area contributed by atoms with Gasteiger partial charge in [-0.25, -0.2) is 17.2 Å². The Kier molecular flexibility index (Phi) is 4.43. The van der Waals surface area contributed by atoms with Crippen LogP contribution in [-0.4, -0.2) is 36.4 Å². The maximum absolute atomic E-state index is 13.2. The number of halogens is 2. The number of benzene rings is 1. The first-order valence-electron chi connectivity index (χ1n) is 6.29. The highest BCUT2D eigenvalue weighted by molar-refractivity contribution is 7.89. The van der Waals surface area contributed by atoms with E-state index < -0.39 is 21.7 Å². The first-order chi connectivity index (χ1) is 9.86. The van der Waals surface area contributed by atoms with Crippen LogP contribution in [0.1, 0.15) is 19.3 Å². The molecule has 1 aliphatic rings. The van der Waals surface area contributed by atoms with Crippen molar-refractivity contribution in [2.24, 2.45) is 10.9 Å². The smallest absolute Gasteiger partial charge is 0.243 e. The highest BCUT2D eigenvalue weighted by atomic mass is 32.2. The van der Waals surface area contributed by atoms with E-state index >= 15 is 0 Å². The molecule has 1 saturated carbocycles. The van der Waals surface area contributed by atoms with Crippen molar-refractivity contribution >= 4 is 15.9 Å². The zero-order chi connectivity index (χ0) is 15.6. The molecule has 116 valence electrons. The first-order valence-corrected chi connectivity index (χ1v) is 7.73. The van der Waals surface area contributed by atoms with E-state index in [0.717, 1.165) is 12.1 Å². The Labute approximate surface area is 120 Å². The molecule has 0 heterocycles. The maximum Gasteiger partial charge on any atom is 0.243 e. The summed E-state index contributed by atoms with van der Waals surface area (Å²) in [6.45, 7) is 0.0158. The van der Waals surface area contributed by atoms with E-state index in [1.54, 1.807) is 0 Å². The third kappa shape index (κ3) is 3.48. The van der Waals surface area contributed by atoms with Gasteiger partial charge in [-0.05, 0) is 31.0 Å². The molecule has 1 aliphatic carbocycles. The number of oxime groups is 1. The molecule has 1 aromatic carbocycles. The van der Waals surface area contributed by atoms with Gasteiger partial charge in [0.05, 0.1) is 4.90 Å². The second-order valence-corrected chi connectivity index (χ2v) is 6.65. The Morgan fingerprint density at radius 1 is 1.38 bits per heavy atom. The molecule has 0 spiro atoms. The predicted molar refractivity (Wildman–Crippen MR) is 71.3 cm³/mol. The van der Waals surface area contributed by atoms with E-state index in [-0.39, 0.29) is 29.7 Å². The van der Waals surface area contributed by atoms with Crippen LogP contribution in [0.25, 0.3) is 0 Å². The topological polar surface area (TPSA) is 96.0 Å². The van der Waals surface area contributed by atoms with E-state index in [9.17, 15) is 17.2 Å². The fourth-order valence-electron chi connectivity index (χ4n) is 1.91. The van der Waals surface area contributed by atoms with E-state index in [4.69, 9.17) is 10.9 Å². The van der Waals surface area contributed by atoms with Gasteiger partial charge in [0, 0.05) is 19.0 Å². The largest absolute Gasteiger partial charge is 0.409 e. The van der Waals surface area contributed by atoms with E-state index in [0.29, 0.717) is 18.9 Å². The van der Waals surface area contributed by atoms with E-state index in [1.807, 2.05) is 0 Å². The summed E-state index contributed by atoms with van der Waals surface area (Å²) < 4.78 is 52.3. The molecule has 3 N–H and O–H groups in total. The van der Waals surface area contributed by atoms with Crippen LogP contribution in [0.4, 0.5) is 8.78 Å². The molecule has 0 aromatic heterocycles. The maximum atomic E-state index is 13.2. The van der Waals surface area contributed by atoms with Crippen molar-refractivity contribution in [3.8, 4) is 0 Å². The summed E-state index contributed by atoms with van der Waals surface area (Å²) >= 11 is 0. The van der Waals surface area contributed by atoms with Crippen molar-refractivity contribution < 1.29 is 22.4 Å². The lowest BCUT2D eigenvalue weighted by atomic mass is 10.3. The van der Waals surface area contributed by atoms with Crippen LogP contribution in [0.3, 0.4) is 0 Å². The minimum absolute atomic E-state index is 0.0158. The Morgan fingerprint density at radius 3 is 2.57 bits per heavy atom. The van der Waals surface area contributed by atoms with Crippen molar-refractivity contribution in [2.75, 3.05) is 6.54 Å². The van der Waals surface area contributed by atoms with Crippen LogP contribution in [0.5, 0.6) is 0 Å². The van der Waals surface area contributed by atoms with Crippen LogP contribution in [0.2, 0.25) is 0 Å². The molecule has 0 bridgehead atoms. The molecule has 1 aromatic rings. The Bertz CT molecular complexity index is 660. The summed E-state index contributed by atoms with van der Waals surface area (Å²) in [5, 5.41) is 11.3. The van der Waals surface area contributed by atoms with E-state index in [2.05, 4.69) is 5.16 Å². The lowest BCUT2D eigenvalue weighted by molar-refractivity contribution is 0.315. The minimum Gasteiger partial charge on any atom is -0.409 e. The van der Waals surface area contributed by atoms with Gasteiger partial charge in [-0.2, -0.15) is 4.31 Å². The Hall–Kier alpha value is -1.74. The van der Waals surface area contributed by atoms with Crippen molar-refractivity contribution in [3.05, 3.63) is 29.8 Å². The van der Waals surface area contributed by atoms with Gasteiger partial charge in [0.25, 0.3) is 0 Å².